The van der Waals surface area contributed by atoms with Crippen molar-refractivity contribution in [1.82, 2.24) is 4.98 Å². The molecule has 0 saturated heterocycles. The van der Waals surface area contributed by atoms with Gasteiger partial charge in [-0.1, -0.05) is 26.3 Å². The van der Waals surface area contributed by atoms with Crippen LogP contribution in [0.2, 0.25) is 0 Å². The summed E-state index contributed by atoms with van der Waals surface area (Å²) in [6, 6.07) is 2.37. The van der Waals surface area contributed by atoms with Gasteiger partial charge in [0.2, 0.25) is 0 Å². The molecule has 1 heterocycles. The molecule has 1 rings (SSSR count). The fraction of sp³-hybridized carbons (Fsp3) is 0.500. The molecule has 0 bridgehead atoms. The Balaban J connectivity index is 2.95. The SMILES string of the molecule is CC[C@H](C)[C@H](Nc1cccc(C(F)(F)F)n1)C(=O)O. The summed E-state index contributed by atoms with van der Waals surface area (Å²) in [7, 11) is 0. The van der Waals surface area contributed by atoms with Gasteiger partial charge in [0.05, 0.1) is 0 Å². The number of halogens is 3. The first-order valence-corrected chi connectivity index (χ1v) is 5.79. The molecule has 0 aliphatic heterocycles. The van der Waals surface area contributed by atoms with Crippen LogP contribution in [0, 0.1) is 5.92 Å². The van der Waals surface area contributed by atoms with Gasteiger partial charge in [-0.2, -0.15) is 13.2 Å². The number of aliphatic carboxylic acids is 1. The van der Waals surface area contributed by atoms with Crippen LogP contribution < -0.4 is 5.32 Å². The molecule has 2 atom stereocenters. The van der Waals surface area contributed by atoms with E-state index in [4.69, 9.17) is 5.11 Å². The highest BCUT2D eigenvalue weighted by molar-refractivity contribution is 5.77. The highest BCUT2D eigenvalue weighted by atomic mass is 19.4. The Morgan fingerprint density at radius 1 is 1.47 bits per heavy atom. The maximum absolute atomic E-state index is 12.5. The van der Waals surface area contributed by atoms with Crippen molar-refractivity contribution in [1.29, 1.82) is 0 Å². The number of pyridine rings is 1. The number of alkyl halides is 3. The van der Waals surface area contributed by atoms with Gasteiger partial charge in [-0.15, -0.1) is 0 Å². The van der Waals surface area contributed by atoms with Crippen LogP contribution in [0.15, 0.2) is 18.2 Å². The van der Waals surface area contributed by atoms with Gasteiger partial charge in [0, 0.05) is 0 Å². The van der Waals surface area contributed by atoms with Gasteiger partial charge in [0.1, 0.15) is 17.6 Å². The minimum atomic E-state index is -4.55. The van der Waals surface area contributed by atoms with Crippen molar-refractivity contribution in [2.75, 3.05) is 5.32 Å². The van der Waals surface area contributed by atoms with E-state index >= 15 is 0 Å². The smallest absolute Gasteiger partial charge is 0.433 e. The third-order valence-corrected chi connectivity index (χ3v) is 2.82. The predicted molar refractivity (Wildman–Crippen MR) is 63.7 cm³/mol. The minimum absolute atomic E-state index is 0.0949. The molecule has 1 aromatic rings. The lowest BCUT2D eigenvalue weighted by molar-refractivity contribution is -0.141. The van der Waals surface area contributed by atoms with Crippen LogP contribution in [0.1, 0.15) is 26.0 Å². The van der Waals surface area contributed by atoms with Gasteiger partial charge in [0.15, 0.2) is 0 Å². The molecular formula is C12H15F3N2O2. The highest BCUT2D eigenvalue weighted by Gasteiger charge is 2.33. The first-order valence-electron chi connectivity index (χ1n) is 5.79. The van der Waals surface area contributed by atoms with E-state index in [1.165, 1.54) is 12.1 Å². The first-order chi connectivity index (χ1) is 8.75. The van der Waals surface area contributed by atoms with E-state index in [9.17, 15) is 18.0 Å². The molecule has 0 aromatic carbocycles. The molecule has 1 aromatic heterocycles. The van der Waals surface area contributed by atoms with Crippen LogP contribution in [-0.4, -0.2) is 22.1 Å². The van der Waals surface area contributed by atoms with E-state index in [1.54, 1.807) is 6.92 Å². The molecule has 0 aliphatic rings. The Bertz CT molecular complexity index is 449. The van der Waals surface area contributed by atoms with Crippen molar-refractivity contribution in [2.24, 2.45) is 5.92 Å². The number of anilines is 1. The molecule has 2 N–H and O–H groups in total. The third kappa shape index (κ3) is 4.11. The maximum atomic E-state index is 12.5. The lowest BCUT2D eigenvalue weighted by Crippen LogP contribution is -2.35. The normalized spacial score (nSPS) is 14.8. The number of hydrogen-bond acceptors (Lipinski definition) is 3. The van der Waals surface area contributed by atoms with Crippen LogP contribution in [0.5, 0.6) is 0 Å². The average Bonchev–Trinajstić information content (AvgIpc) is 2.34. The molecule has 0 fully saturated rings. The zero-order valence-electron chi connectivity index (χ0n) is 10.5. The average molecular weight is 276 g/mol. The predicted octanol–water partition coefficient (Wildman–Crippen LogP) is 3.01. The molecule has 0 aliphatic carbocycles. The van der Waals surface area contributed by atoms with Crippen molar-refractivity contribution < 1.29 is 23.1 Å². The Hall–Kier alpha value is -1.79. The number of aromatic nitrogens is 1. The molecule has 106 valence electrons. The van der Waals surface area contributed by atoms with E-state index in [0.717, 1.165) is 6.07 Å². The Morgan fingerprint density at radius 2 is 2.11 bits per heavy atom. The van der Waals surface area contributed by atoms with E-state index in [0.29, 0.717) is 6.42 Å². The summed E-state index contributed by atoms with van der Waals surface area (Å²) >= 11 is 0. The molecule has 0 spiro atoms. The van der Waals surface area contributed by atoms with Gasteiger partial charge >= 0.3 is 12.1 Å². The highest BCUT2D eigenvalue weighted by Crippen LogP contribution is 2.28. The van der Waals surface area contributed by atoms with Crippen LogP contribution in [0.4, 0.5) is 19.0 Å². The number of carbonyl (C=O) groups is 1. The van der Waals surface area contributed by atoms with Gasteiger partial charge in [-0.25, -0.2) is 9.78 Å². The number of nitrogens with zero attached hydrogens (tertiary/aromatic N) is 1. The number of nitrogens with one attached hydrogen (secondary N) is 1. The van der Waals surface area contributed by atoms with Crippen LogP contribution in [0.25, 0.3) is 0 Å². The minimum Gasteiger partial charge on any atom is -0.480 e. The van der Waals surface area contributed by atoms with E-state index in [2.05, 4.69) is 10.3 Å². The van der Waals surface area contributed by atoms with Gasteiger partial charge in [0.25, 0.3) is 0 Å². The van der Waals surface area contributed by atoms with Crippen LogP contribution >= 0.6 is 0 Å². The van der Waals surface area contributed by atoms with Gasteiger partial charge in [-0.3, -0.25) is 0 Å². The van der Waals surface area contributed by atoms with E-state index in [-0.39, 0.29) is 11.7 Å². The molecule has 19 heavy (non-hydrogen) atoms. The molecule has 7 heteroatoms. The second kappa shape index (κ2) is 5.90. The lowest BCUT2D eigenvalue weighted by atomic mass is 9.99. The zero-order valence-corrected chi connectivity index (χ0v) is 10.5. The second-order valence-electron chi connectivity index (χ2n) is 4.25. The summed E-state index contributed by atoms with van der Waals surface area (Å²) in [5, 5.41) is 11.6. The summed E-state index contributed by atoms with van der Waals surface area (Å²) in [4.78, 5) is 14.5. The number of carboxylic acids is 1. The Labute approximate surface area is 108 Å². The quantitative estimate of drug-likeness (QED) is 0.867. The van der Waals surface area contributed by atoms with Crippen molar-refractivity contribution in [2.45, 2.75) is 32.5 Å². The summed E-state index contributed by atoms with van der Waals surface area (Å²) < 4.78 is 37.4. The number of hydrogen-bond donors (Lipinski definition) is 2. The van der Waals surface area contributed by atoms with Crippen molar-refractivity contribution >= 4 is 11.8 Å². The second-order valence-corrected chi connectivity index (χ2v) is 4.25. The molecular weight excluding hydrogens is 261 g/mol. The first kappa shape index (κ1) is 15.3. The summed E-state index contributed by atoms with van der Waals surface area (Å²) in [6.45, 7) is 3.52. The number of rotatable bonds is 5. The molecule has 0 amide bonds. The molecule has 0 radical (unpaired) electrons. The lowest BCUT2D eigenvalue weighted by Gasteiger charge is -2.21. The van der Waals surface area contributed by atoms with Crippen LogP contribution in [0.3, 0.4) is 0 Å². The monoisotopic (exact) mass is 276 g/mol. The van der Waals surface area contributed by atoms with Crippen molar-refractivity contribution in [3.8, 4) is 0 Å². The third-order valence-electron chi connectivity index (χ3n) is 2.82. The summed E-state index contributed by atoms with van der Waals surface area (Å²) in [5.74, 6) is -1.44. The van der Waals surface area contributed by atoms with E-state index < -0.39 is 23.9 Å². The summed E-state index contributed by atoms with van der Waals surface area (Å²) in [5.41, 5.74) is -1.05. The zero-order chi connectivity index (χ0) is 14.6. The Morgan fingerprint density at radius 3 is 2.58 bits per heavy atom. The van der Waals surface area contributed by atoms with Crippen LogP contribution in [-0.2, 0) is 11.0 Å². The van der Waals surface area contributed by atoms with E-state index in [1.807, 2.05) is 6.92 Å². The van der Waals surface area contributed by atoms with Crippen molar-refractivity contribution in [3.63, 3.8) is 0 Å². The topological polar surface area (TPSA) is 62.2 Å². The fourth-order valence-corrected chi connectivity index (χ4v) is 1.52. The van der Waals surface area contributed by atoms with Crippen molar-refractivity contribution in [3.05, 3.63) is 23.9 Å². The Kier molecular flexibility index (Phi) is 4.74. The fourth-order valence-electron chi connectivity index (χ4n) is 1.52. The molecule has 0 unspecified atom stereocenters. The number of carboxylic acid groups (broad SMARTS) is 1. The standard InChI is InChI=1S/C12H15F3N2O2/c1-3-7(2)10(11(18)19)17-9-6-4-5-8(16-9)12(13,14)15/h4-7,10H,3H2,1-2H3,(H,16,17)(H,18,19)/t7-,10-/m0/s1. The molecule has 0 saturated carbocycles. The largest absolute Gasteiger partial charge is 0.480 e. The maximum Gasteiger partial charge on any atom is 0.433 e. The summed E-state index contributed by atoms with van der Waals surface area (Å²) in [6.07, 6.45) is -3.96. The van der Waals surface area contributed by atoms with Gasteiger partial charge < -0.3 is 10.4 Å². The molecule has 4 nitrogen and oxygen atoms in total. The van der Waals surface area contributed by atoms with Gasteiger partial charge in [-0.05, 0) is 18.1 Å².